The number of hydrogen-bond acceptors (Lipinski definition) is 4. The number of aliphatic hydroxyl groups is 1. The van der Waals surface area contributed by atoms with Crippen molar-refractivity contribution in [3.8, 4) is 0 Å². The normalized spacial score (nSPS) is 43.8. The Morgan fingerprint density at radius 1 is 1.26 bits per heavy atom. The number of nitrogens with one attached hydrogen (secondary N) is 2. The quantitative estimate of drug-likeness (QED) is 0.617. The van der Waals surface area contributed by atoms with Crippen LogP contribution in [0.2, 0.25) is 0 Å². The van der Waals surface area contributed by atoms with Gasteiger partial charge in [0.2, 0.25) is 0 Å². The highest BCUT2D eigenvalue weighted by Gasteiger charge is 2.63. The molecule has 140 valence electrons. The molecule has 6 rings (SSSR count). The van der Waals surface area contributed by atoms with Crippen LogP contribution in [0.4, 0.5) is 5.69 Å². The summed E-state index contributed by atoms with van der Waals surface area (Å²) in [6.07, 6.45) is 5.91. The van der Waals surface area contributed by atoms with E-state index in [0.29, 0.717) is 0 Å². The number of anilines is 1. The van der Waals surface area contributed by atoms with Crippen LogP contribution in [0.1, 0.15) is 31.2 Å². The fourth-order valence-electron chi connectivity index (χ4n) is 6.51. The first-order chi connectivity index (χ1) is 13.0. The molecule has 5 aliphatic rings. The summed E-state index contributed by atoms with van der Waals surface area (Å²) in [6, 6.07) is 8.69. The van der Waals surface area contributed by atoms with Gasteiger partial charge in [0.15, 0.2) is 6.23 Å². The lowest BCUT2D eigenvalue weighted by atomic mass is 9.65. The highest BCUT2D eigenvalue weighted by molar-refractivity contribution is 5.99. The van der Waals surface area contributed by atoms with E-state index in [0.717, 1.165) is 29.7 Å². The summed E-state index contributed by atoms with van der Waals surface area (Å²) in [5.41, 5.74) is 4.12. The lowest BCUT2D eigenvalue weighted by molar-refractivity contribution is -0.130. The molecule has 27 heavy (non-hydrogen) atoms. The SMILES string of the molecule is CN1C(=O)C2=C(C3c4ccccc4NC3C3NC4(C)CCC=CC4C23)C1O. The predicted octanol–water partition coefficient (Wildman–Crippen LogP) is 1.98. The predicted molar refractivity (Wildman–Crippen MR) is 103 cm³/mol. The van der Waals surface area contributed by atoms with E-state index in [1.807, 2.05) is 12.1 Å². The van der Waals surface area contributed by atoms with Crippen LogP contribution in [-0.2, 0) is 4.79 Å². The van der Waals surface area contributed by atoms with Gasteiger partial charge in [-0.1, -0.05) is 30.4 Å². The summed E-state index contributed by atoms with van der Waals surface area (Å²) < 4.78 is 0. The lowest BCUT2D eigenvalue weighted by Crippen LogP contribution is -2.52. The Labute approximate surface area is 159 Å². The minimum atomic E-state index is -0.826. The van der Waals surface area contributed by atoms with E-state index in [1.165, 1.54) is 10.5 Å². The molecule has 3 N–H and O–H groups in total. The van der Waals surface area contributed by atoms with Gasteiger partial charge in [-0.2, -0.15) is 0 Å². The van der Waals surface area contributed by atoms with Crippen LogP contribution in [0.3, 0.4) is 0 Å². The number of amides is 1. The molecule has 1 amide bonds. The molecule has 0 bridgehead atoms. The summed E-state index contributed by atoms with van der Waals surface area (Å²) >= 11 is 0. The van der Waals surface area contributed by atoms with E-state index in [4.69, 9.17) is 0 Å². The number of carbonyl (C=O) groups excluding carboxylic acids is 1. The number of benzene rings is 1. The molecule has 7 atom stereocenters. The minimum absolute atomic E-state index is 0.0000678. The smallest absolute Gasteiger partial charge is 0.252 e. The van der Waals surface area contributed by atoms with Gasteiger partial charge >= 0.3 is 0 Å². The Bertz CT molecular complexity index is 922. The number of allylic oxidation sites excluding steroid dienone is 1. The van der Waals surface area contributed by atoms with Gasteiger partial charge in [-0.05, 0) is 37.0 Å². The van der Waals surface area contributed by atoms with Gasteiger partial charge in [0, 0.05) is 47.6 Å². The van der Waals surface area contributed by atoms with Crippen molar-refractivity contribution in [2.24, 2.45) is 11.8 Å². The van der Waals surface area contributed by atoms with Crippen LogP contribution in [-0.4, -0.2) is 46.8 Å². The third-order valence-corrected chi connectivity index (χ3v) is 7.72. The molecule has 1 aromatic rings. The van der Waals surface area contributed by atoms with Crippen LogP contribution in [0, 0.1) is 11.8 Å². The fraction of sp³-hybridized carbons (Fsp3) is 0.500. The second-order valence-corrected chi connectivity index (χ2v) is 9.00. The molecule has 0 aromatic heterocycles. The van der Waals surface area contributed by atoms with Crippen molar-refractivity contribution in [2.45, 2.75) is 49.5 Å². The summed E-state index contributed by atoms with van der Waals surface area (Å²) in [4.78, 5) is 14.7. The third kappa shape index (κ3) is 1.79. The van der Waals surface area contributed by atoms with Crippen molar-refractivity contribution in [3.05, 3.63) is 53.1 Å². The maximum atomic E-state index is 13.2. The second-order valence-electron chi connectivity index (χ2n) is 9.00. The maximum absolute atomic E-state index is 13.2. The summed E-state index contributed by atoms with van der Waals surface area (Å²) in [7, 11) is 1.72. The largest absolute Gasteiger partial charge is 0.380 e. The number of fused-ring (bicyclic) bond motifs is 9. The molecule has 1 fully saturated rings. The second kappa shape index (κ2) is 5.03. The van der Waals surface area contributed by atoms with Crippen molar-refractivity contribution in [3.63, 3.8) is 0 Å². The molecule has 3 heterocycles. The number of rotatable bonds is 0. The number of likely N-dealkylation sites (N-methyl/N-ethyl adjacent to an activating group) is 1. The molecule has 0 spiro atoms. The summed E-state index contributed by atoms with van der Waals surface area (Å²) in [5.74, 6) is 0.439. The summed E-state index contributed by atoms with van der Waals surface area (Å²) in [6.45, 7) is 2.30. The number of nitrogens with zero attached hydrogens (tertiary/aromatic N) is 1. The molecule has 1 aromatic carbocycles. The Hall–Kier alpha value is -2.11. The molecule has 3 aliphatic heterocycles. The molecule has 1 saturated heterocycles. The summed E-state index contributed by atoms with van der Waals surface area (Å²) in [5, 5.41) is 18.7. The molecule has 2 aliphatic carbocycles. The van der Waals surface area contributed by atoms with E-state index >= 15 is 0 Å². The van der Waals surface area contributed by atoms with Crippen LogP contribution < -0.4 is 10.6 Å². The third-order valence-electron chi connectivity index (χ3n) is 7.72. The highest BCUT2D eigenvalue weighted by atomic mass is 16.3. The van der Waals surface area contributed by atoms with E-state index in [2.05, 4.69) is 41.8 Å². The number of hydrogen-bond donors (Lipinski definition) is 3. The van der Waals surface area contributed by atoms with E-state index in [-0.39, 0.29) is 41.3 Å². The zero-order valence-electron chi connectivity index (χ0n) is 15.6. The average molecular weight is 363 g/mol. The molecule has 0 radical (unpaired) electrons. The fourth-order valence-corrected chi connectivity index (χ4v) is 6.51. The monoisotopic (exact) mass is 363 g/mol. The van der Waals surface area contributed by atoms with E-state index < -0.39 is 6.23 Å². The van der Waals surface area contributed by atoms with Gasteiger partial charge in [0.25, 0.3) is 5.91 Å². The molecular weight excluding hydrogens is 338 g/mol. The van der Waals surface area contributed by atoms with Gasteiger partial charge < -0.3 is 20.6 Å². The lowest BCUT2D eigenvalue weighted by Gasteiger charge is -2.38. The van der Waals surface area contributed by atoms with E-state index in [1.54, 1.807) is 7.05 Å². The Morgan fingerprint density at radius 3 is 2.93 bits per heavy atom. The first-order valence-corrected chi connectivity index (χ1v) is 10.0. The van der Waals surface area contributed by atoms with Gasteiger partial charge in [0.05, 0.1) is 6.04 Å². The van der Waals surface area contributed by atoms with Gasteiger partial charge in [-0.15, -0.1) is 0 Å². The minimum Gasteiger partial charge on any atom is -0.380 e. The zero-order valence-corrected chi connectivity index (χ0v) is 15.6. The van der Waals surface area contributed by atoms with Crippen molar-refractivity contribution in [1.29, 1.82) is 0 Å². The van der Waals surface area contributed by atoms with Gasteiger partial charge in [-0.25, -0.2) is 0 Å². The van der Waals surface area contributed by atoms with Crippen LogP contribution in [0.15, 0.2) is 47.6 Å². The highest BCUT2D eigenvalue weighted by Crippen LogP contribution is 2.58. The number of carbonyl (C=O) groups is 1. The Morgan fingerprint density at radius 2 is 2.07 bits per heavy atom. The van der Waals surface area contributed by atoms with Crippen molar-refractivity contribution in [1.82, 2.24) is 10.2 Å². The maximum Gasteiger partial charge on any atom is 0.252 e. The molecule has 5 nitrogen and oxygen atoms in total. The Kier molecular flexibility index (Phi) is 2.96. The molecule has 0 saturated carbocycles. The van der Waals surface area contributed by atoms with Crippen LogP contribution >= 0.6 is 0 Å². The number of aliphatic hydroxyl groups excluding tert-OH is 1. The first-order valence-electron chi connectivity index (χ1n) is 10.0. The Balaban J connectivity index is 1.59. The van der Waals surface area contributed by atoms with E-state index in [9.17, 15) is 9.90 Å². The van der Waals surface area contributed by atoms with Crippen molar-refractivity contribution >= 4 is 11.6 Å². The first kappa shape index (κ1) is 15.9. The van der Waals surface area contributed by atoms with Gasteiger partial charge in [-0.3, -0.25) is 4.79 Å². The topological polar surface area (TPSA) is 64.6 Å². The molecule has 7 unspecified atom stereocenters. The average Bonchev–Trinajstić information content (AvgIpc) is 3.26. The molecular formula is C22H25N3O2. The van der Waals surface area contributed by atoms with Crippen LogP contribution in [0.25, 0.3) is 0 Å². The van der Waals surface area contributed by atoms with Gasteiger partial charge in [0.1, 0.15) is 0 Å². The van der Waals surface area contributed by atoms with Crippen molar-refractivity contribution in [2.75, 3.05) is 12.4 Å². The van der Waals surface area contributed by atoms with Crippen LogP contribution in [0.5, 0.6) is 0 Å². The van der Waals surface area contributed by atoms with Crippen molar-refractivity contribution < 1.29 is 9.90 Å². The standard InChI is InChI=1S/C22H25N3O2/c1-22-10-6-5-8-12(22)15-17-16(20(26)25(2)21(17)27)14-11-7-3-4-9-13(11)23-18(14)19(15)24-22/h3-5,7-9,12,14-15,18-20,23-24,26H,6,10H2,1-2H3. The zero-order chi connectivity index (χ0) is 18.5. The molecule has 5 heteroatoms. The number of para-hydroxylation sites is 1.